The molecule has 7 nitrogen and oxygen atoms in total. The van der Waals surface area contributed by atoms with Gasteiger partial charge in [0.15, 0.2) is 0 Å². The minimum atomic E-state index is -0.802. The van der Waals surface area contributed by atoms with Crippen molar-refractivity contribution in [1.29, 1.82) is 0 Å². The fourth-order valence-corrected chi connectivity index (χ4v) is 2.50. The normalized spacial score (nSPS) is 13.4. The first kappa shape index (κ1) is 15.0. The first-order valence-corrected chi connectivity index (χ1v) is 6.89. The van der Waals surface area contributed by atoms with Crippen LogP contribution in [0.2, 0.25) is 0 Å². The van der Waals surface area contributed by atoms with Crippen LogP contribution < -0.4 is 4.74 Å². The number of hydroxylamine groups is 2. The molecule has 2 aromatic rings. The molecule has 7 heteroatoms. The molecule has 0 radical (unpaired) electrons. The van der Waals surface area contributed by atoms with Gasteiger partial charge >= 0.3 is 5.97 Å². The summed E-state index contributed by atoms with van der Waals surface area (Å²) in [5, 5.41) is 10.9. The van der Waals surface area contributed by atoms with Crippen molar-refractivity contribution in [3.05, 3.63) is 41.5 Å². The molecule has 0 bridgehead atoms. The number of carbonyl (C=O) groups is 3. The number of carbonyl (C=O) groups excluding carboxylic acids is 3. The quantitative estimate of drug-likeness (QED) is 0.400. The molecule has 118 valence electrons. The fraction of sp³-hybridized carbons (Fsp3) is 0.188. The molecular formula is C16H13NO6. The largest absolute Gasteiger partial charge is 0.490 e. The lowest BCUT2D eigenvalue weighted by Crippen LogP contribution is -2.37. The number of rotatable bonds is 4. The average molecular weight is 315 g/mol. The second kappa shape index (κ2) is 5.69. The number of imide groups is 1. The summed E-state index contributed by atoms with van der Waals surface area (Å²) in [6, 6.07) is 8.09. The van der Waals surface area contributed by atoms with E-state index in [-0.39, 0.29) is 29.4 Å². The van der Waals surface area contributed by atoms with Crippen LogP contribution in [0.15, 0.2) is 30.3 Å². The molecule has 0 aliphatic carbocycles. The van der Waals surface area contributed by atoms with Crippen LogP contribution in [0.3, 0.4) is 0 Å². The highest BCUT2D eigenvalue weighted by molar-refractivity contribution is 6.24. The summed E-state index contributed by atoms with van der Waals surface area (Å²) >= 11 is 0. The van der Waals surface area contributed by atoms with Crippen molar-refractivity contribution in [3.8, 4) is 5.75 Å². The van der Waals surface area contributed by atoms with E-state index in [2.05, 4.69) is 0 Å². The number of ether oxygens (including phenoxy) is 2. The summed E-state index contributed by atoms with van der Waals surface area (Å²) in [4.78, 5) is 34.8. The van der Waals surface area contributed by atoms with Crippen molar-refractivity contribution in [2.75, 3.05) is 13.2 Å². The van der Waals surface area contributed by atoms with Crippen LogP contribution in [0, 0.1) is 0 Å². The Morgan fingerprint density at radius 2 is 1.87 bits per heavy atom. The summed E-state index contributed by atoms with van der Waals surface area (Å²) in [7, 11) is 0. The Hall–Kier alpha value is -2.93. The third-order valence-corrected chi connectivity index (χ3v) is 3.45. The van der Waals surface area contributed by atoms with Crippen molar-refractivity contribution in [2.45, 2.75) is 6.92 Å². The van der Waals surface area contributed by atoms with Crippen molar-refractivity contribution < 1.29 is 29.1 Å². The summed E-state index contributed by atoms with van der Waals surface area (Å²) in [5.74, 6) is -1.58. The molecule has 3 rings (SSSR count). The van der Waals surface area contributed by atoms with Crippen LogP contribution in [0.4, 0.5) is 0 Å². The van der Waals surface area contributed by atoms with E-state index in [1.165, 1.54) is 13.0 Å². The molecule has 1 N–H and O–H groups in total. The molecule has 0 fully saturated rings. The molecule has 23 heavy (non-hydrogen) atoms. The number of esters is 1. The standard InChI is InChI=1S/C16H13NO6/c1-9(18)22-5-6-23-11-7-10-3-2-4-12-14(10)13(8-11)16(20)17(21)15(12)19/h2-4,7-8,21H,5-6H2,1H3. The van der Waals surface area contributed by atoms with Crippen molar-refractivity contribution in [1.82, 2.24) is 5.06 Å². The number of hydrogen-bond acceptors (Lipinski definition) is 6. The van der Waals surface area contributed by atoms with E-state index in [0.29, 0.717) is 16.5 Å². The van der Waals surface area contributed by atoms with E-state index in [0.717, 1.165) is 0 Å². The topological polar surface area (TPSA) is 93.1 Å². The van der Waals surface area contributed by atoms with Gasteiger partial charge in [-0.3, -0.25) is 19.6 Å². The van der Waals surface area contributed by atoms with Crippen LogP contribution in [-0.2, 0) is 9.53 Å². The Morgan fingerprint density at radius 1 is 1.13 bits per heavy atom. The van der Waals surface area contributed by atoms with Gasteiger partial charge in [-0.25, -0.2) is 0 Å². The lowest BCUT2D eigenvalue weighted by atomic mass is 9.95. The first-order valence-electron chi connectivity index (χ1n) is 6.89. The molecule has 1 heterocycles. The Balaban J connectivity index is 1.97. The third-order valence-electron chi connectivity index (χ3n) is 3.45. The maximum atomic E-state index is 12.1. The van der Waals surface area contributed by atoms with E-state index in [4.69, 9.17) is 9.47 Å². The van der Waals surface area contributed by atoms with Crippen LogP contribution in [0.1, 0.15) is 27.6 Å². The third kappa shape index (κ3) is 2.62. The van der Waals surface area contributed by atoms with Gasteiger partial charge in [-0.15, -0.1) is 5.06 Å². The highest BCUT2D eigenvalue weighted by Crippen LogP contribution is 2.32. The maximum Gasteiger partial charge on any atom is 0.302 e. The molecule has 0 saturated carbocycles. The van der Waals surface area contributed by atoms with Crippen molar-refractivity contribution in [2.24, 2.45) is 0 Å². The molecule has 0 spiro atoms. The predicted molar refractivity (Wildman–Crippen MR) is 78.4 cm³/mol. The number of hydrogen-bond donors (Lipinski definition) is 1. The zero-order chi connectivity index (χ0) is 16.6. The van der Waals surface area contributed by atoms with Gasteiger partial charge in [0.1, 0.15) is 19.0 Å². The van der Waals surface area contributed by atoms with Gasteiger partial charge in [0, 0.05) is 12.3 Å². The van der Waals surface area contributed by atoms with Gasteiger partial charge < -0.3 is 9.47 Å². The Labute approximate surface area is 131 Å². The highest BCUT2D eigenvalue weighted by atomic mass is 16.6. The van der Waals surface area contributed by atoms with Gasteiger partial charge in [0.25, 0.3) is 11.8 Å². The van der Waals surface area contributed by atoms with Crippen molar-refractivity contribution >= 4 is 28.6 Å². The zero-order valence-corrected chi connectivity index (χ0v) is 12.2. The SMILES string of the molecule is CC(=O)OCCOc1cc2c3c(cccc3c1)C(=O)N(O)C2=O. The maximum absolute atomic E-state index is 12.1. The summed E-state index contributed by atoms with van der Waals surface area (Å²) in [6.45, 7) is 1.51. The molecule has 1 aliphatic heterocycles. The zero-order valence-electron chi connectivity index (χ0n) is 12.2. The number of nitrogens with zero attached hydrogens (tertiary/aromatic N) is 1. The molecule has 1 aliphatic rings. The number of amides is 2. The highest BCUT2D eigenvalue weighted by Gasteiger charge is 2.32. The Kier molecular flexibility index (Phi) is 3.71. The molecule has 2 amide bonds. The van der Waals surface area contributed by atoms with Gasteiger partial charge in [-0.1, -0.05) is 12.1 Å². The first-order chi connectivity index (χ1) is 11.0. The lowest BCUT2D eigenvalue weighted by molar-refractivity contribution is -0.141. The fourth-order valence-electron chi connectivity index (χ4n) is 2.50. The molecular weight excluding hydrogens is 302 g/mol. The van der Waals surface area contributed by atoms with Gasteiger partial charge in [0.05, 0.1) is 11.1 Å². The molecule has 0 saturated heterocycles. The van der Waals surface area contributed by atoms with E-state index in [1.54, 1.807) is 24.3 Å². The summed E-state index contributed by atoms with van der Waals surface area (Å²) < 4.78 is 10.2. The lowest BCUT2D eigenvalue weighted by Gasteiger charge is -2.22. The molecule has 0 unspecified atom stereocenters. The molecule has 0 atom stereocenters. The monoisotopic (exact) mass is 315 g/mol. The molecule has 0 aromatic heterocycles. The van der Waals surface area contributed by atoms with Crippen LogP contribution in [0.5, 0.6) is 5.75 Å². The summed E-state index contributed by atoms with van der Waals surface area (Å²) in [5.41, 5.74) is 0.439. The van der Waals surface area contributed by atoms with E-state index < -0.39 is 17.8 Å². The van der Waals surface area contributed by atoms with Gasteiger partial charge in [-0.05, 0) is 23.6 Å². The van der Waals surface area contributed by atoms with Crippen LogP contribution in [-0.4, -0.2) is 41.3 Å². The second-order valence-electron chi connectivity index (χ2n) is 4.99. The predicted octanol–water partition coefficient (Wildman–Crippen LogP) is 1.77. The van der Waals surface area contributed by atoms with E-state index >= 15 is 0 Å². The minimum Gasteiger partial charge on any atom is -0.490 e. The van der Waals surface area contributed by atoms with Crippen LogP contribution in [0.25, 0.3) is 10.8 Å². The summed E-state index contributed by atoms with van der Waals surface area (Å²) in [6.07, 6.45) is 0. The van der Waals surface area contributed by atoms with Crippen molar-refractivity contribution in [3.63, 3.8) is 0 Å². The second-order valence-corrected chi connectivity index (χ2v) is 4.99. The van der Waals surface area contributed by atoms with Gasteiger partial charge in [0.2, 0.25) is 0 Å². The van der Waals surface area contributed by atoms with Gasteiger partial charge in [-0.2, -0.15) is 0 Å². The Morgan fingerprint density at radius 3 is 2.61 bits per heavy atom. The van der Waals surface area contributed by atoms with E-state index in [9.17, 15) is 19.6 Å². The minimum absolute atomic E-state index is 0.0846. The smallest absolute Gasteiger partial charge is 0.302 e. The Bertz CT molecular complexity index is 829. The number of benzene rings is 2. The average Bonchev–Trinajstić information content (AvgIpc) is 2.54. The van der Waals surface area contributed by atoms with E-state index in [1.807, 2.05) is 0 Å². The molecule has 2 aromatic carbocycles. The van der Waals surface area contributed by atoms with Crippen LogP contribution >= 0.6 is 0 Å².